The number of carbonyl (C=O) groups excluding carboxylic acids is 2. The molecule has 27 heavy (non-hydrogen) atoms. The standard InChI is InChI=1S/C22H34O5/c1-2-3-4-8-11-16-14-15-17(20-19(16)21(25)27-22(20)26)12-9-6-5-7-10-13-18(23)24/h14-17,19-20H,2-13H2,1H3,(H,23,24)/t16-,17+,19+,20+/m0/s1. The number of unbranched alkanes of at least 4 members (excludes halogenated alkanes) is 7. The second kappa shape index (κ2) is 11.3. The van der Waals surface area contributed by atoms with Crippen molar-refractivity contribution >= 4 is 17.9 Å². The molecule has 0 bridgehead atoms. The minimum absolute atomic E-state index is 0.0971. The minimum atomic E-state index is -0.734. The average Bonchev–Trinajstić information content (AvgIpc) is 2.94. The number of carbonyl (C=O) groups is 3. The summed E-state index contributed by atoms with van der Waals surface area (Å²) in [5.74, 6) is -1.75. The van der Waals surface area contributed by atoms with E-state index in [-0.39, 0.29) is 42.0 Å². The number of ether oxygens (including phenoxy) is 1. The van der Waals surface area contributed by atoms with E-state index in [1.165, 1.54) is 19.3 Å². The Bertz CT molecular complexity index is 539. The highest BCUT2D eigenvalue weighted by Gasteiger charge is 2.51. The van der Waals surface area contributed by atoms with Gasteiger partial charge >= 0.3 is 17.9 Å². The van der Waals surface area contributed by atoms with E-state index in [2.05, 4.69) is 19.1 Å². The molecular formula is C22H34O5. The Morgan fingerprint density at radius 1 is 0.852 bits per heavy atom. The van der Waals surface area contributed by atoms with Gasteiger partial charge in [0.05, 0.1) is 11.8 Å². The van der Waals surface area contributed by atoms with E-state index in [1.807, 2.05) is 0 Å². The quantitative estimate of drug-likeness (QED) is 0.214. The van der Waals surface area contributed by atoms with E-state index >= 15 is 0 Å². The predicted molar refractivity (Wildman–Crippen MR) is 103 cm³/mol. The number of aliphatic carboxylic acids is 1. The van der Waals surface area contributed by atoms with Gasteiger partial charge in [0.25, 0.3) is 0 Å². The molecule has 0 aromatic heterocycles. The fraction of sp³-hybridized carbons (Fsp3) is 0.773. The molecule has 152 valence electrons. The van der Waals surface area contributed by atoms with Gasteiger partial charge in [-0.1, -0.05) is 70.4 Å². The number of carboxylic acid groups (broad SMARTS) is 1. The van der Waals surface area contributed by atoms with Gasteiger partial charge in [0.1, 0.15) is 0 Å². The first-order valence-electron chi connectivity index (χ1n) is 10.7. The van der Waals surface area contributed by atoms with Crippen LogP contribution >= 0.6 is 0 Å². The normalized spacial score (nSPS) is 26.9. The molecule has 0 spiro atoms. The van der Waals surface area contributed by atoms with E-state index in [0.717, 1.165) is 51.4 Å². The first-order valence-corrected chi connectivity index (χ1v) is 10.7. The summed E-state index contributed by atoms with van der Waals surface area (Å²) in [5.41, 5.74) is 0. The lowest BCUT2D eigenvalue weighted by Gasteiger charge is -2.31. The molecule has 1 aliphatic heterocycles. The molecule has 0 amide bonds. The SMILES string of the molecule is CCCCCC[C@H]1C=C[C@@H](CCCCCCCC(=O)O)[C@H]2C(=O)OC(=O)[C@@H]21. The monoisotopic (exact) mass is 378 g/mol. The van der Waals surface area contributed by atoms with Crippen LogP contribution in [0.25, 0.3) is 0 Å². The van der Waals surface area contributed by atoms with E-state index in [0.29, 0.717) is 0 Å². The topological polar surface area (TPSA) is 80.7 Å². The second-order valence-corrected chi connectivity index (χ2v) is 8.05. The minimum Gasteiger partial charge on any atom is -0.481 e. The van der Waals surface area contributed by atoms with Crippen LogP contribution in [0.15, 0.2) is 12.2 Å². The second-order valence-electron chi connectivity index (χ2n) is 8.05. The lowest BCUT2D eigenvalue weighted by Crippen LogP contribution is -2.33. The number of hydrogen-bond donors (Lipinski definition) is 1. The van der Waals surface area contributed by atoms with Gasteiger partial charge in [-0.05, 0) is 31.1 Å². The van der Waals surface area contributed by atoms with Crippen LogP contribution < -0.4 is 0 Å². The molecule has 0 saturated carbocycles. The van der Waals surface area contributed by atoms with Crippen LogP contribution in [0.3, 0.4) is 0 Å². The molecule has 2 rings (SSSR count). The van der Waals surface area contributed by atoms with E-state index in [4.69, 9.17) is 9.84 Å². The van der Waals surface area contributed by atoms with Crippen LogP contribution in [0.1, 0.15) is 84.0 Å². The van der Waals surface area contributed by atoms with E-state index in [9.17, 15) is 14.4 Å². The fourth-order valence-electron chi connectivity index (χ4n) is 4.48. The van der Waals surface area contributed by atoms with Crippen molar-refractivity contribution in [2.45, 2.75) is 84.0 Å². The van der Waals surface area contributed by atoms with Gasteiger partial charge in [0.2, 0.25) is 0 Å². The maximum atomic E-state index is 12.3. The Labute approximate surface area is 162 Å². The third-order valence-corrected chi connectivity index (χ3v) is 5.98. The summed E-state index contributed by atoms with van der Waals surface area (Å²) in [7, 11) is 0. The molecule has 0 unspecified atom stereocenters. The van der Waals surface area contributed by atoms with Crippen LogP contribution in [0.4, 0.5) is 0 Å². The molecule has 1 N–H and O–H groups in total. The third-order valence-electron chi connectivity index (χ3n) is 5.98. The van der Waals surface area contributed by atoms with Crippen LogP contribution in [0.5, 0.6) is 0 Å². The molecule has 1 aliphatic carbocycles. The highest BCUT2D eigenvalue weighted by molar-refractivity contribution is 5.97. The number of cyclic esters (lactones) is 2. The number of allylic oxidation sites excluding steroid dienone is 2. The summed E-state index contributed by atoms with van der Waals surface area (Å²) in [5, 5.41) is 8.64. The maximum Gasteiger partial charge on any atom is 0.318 e. The van der Waals surface area contributed by atoms with Crippen molar-refractivity contribution in [1.82, 2.24) is 0 Å². The van der Waals surface area contributed by atoms with Gasteiger partial charge in [0.15, 0.2) is 0 Å². The van der Waals surface area contributed by atoms with Gasteiger partial charge in [-0.3, -0.25) is 14.4 Å². The molecule has 2 aliphatic rings. The first kappa shape index (κ1) is 21.6. The number of carboxylic acids is 1. The molecule has 0 aromatic carbocycles. The highest BCUT2D eigenvalue weighted by atomic mass is 16.6. The summed E-state index contributed by atoms with van der Waals surface area (Å²) in [4.78, 5) is 35.0. The molecule has 0 aromatic rings. The zero-order chi connectivity index (χ0) is 19.6. The molecule has 5 nitrogen and oxygen atoms in total. The van der Waals surface area contributed by atoms with Crippen molar-refractivity contribution in [3.63, 3.8) is 0 Å². The molecule has 4 atom stereocenters. The molecule has 5 heteroatoms. The lowest BCUT2D eigenvalue weighted by molar-refractivity contribution is -0.154. The van der Waals surface area contributed by atoms with Crippen LogP contribution in [0.2, 0.25) is 0 Å². The zero-order valence-corrected chi connectivity index (χ0v) is 16.5. The zero-order valence-electron chi connectivity index (χ0n) is 16.5. The smallest absolute Gasteiger partial charge is 0.318 e. The Kier molecular flexibility index (Phi) is 9.02. The van der Waals surface area contributed by atoms with Crippen molar-refractivity contribution in [3.05, 3.63) is 12.2 Å². The van der Waals surface area contributed by atoms with Crippen molar-refractivity contribution in [2.75, 3.05) is 0 Å². The van der Waals surface area contributed by atoms with E-state index < -0.39 is 5.97 Å². The van der Waals surface area contributed by atoms with Gasteiger partial charge in [0, 0.05) is 6.42 Å². The maximum absolute atomic E-state index is 12.3. The fourth-order valence-corrected chi connectivity index (χ4v) is 4.48. The van der Waals surface area contributed by atoms with Gasteiger partial charge < -0.3 is 9.84 Å². The van der Waals surface area contributed by atoms with Crippen LogP contribution in [-0.4, -0.2) is 23.0 Å². The molecular weight excluding hydrogens is 344 g/mol. The number of hydrogen-bond acceptors (Lipinski definition) is 4. The molecule has 1 fully saturated rings. The van der Waals surface area contributed by atoms with Gasteiger partial charge in [-0.25, -0.2) is 0 Å². The summed E-state index contributed by atoms with van der Waals surface area (Å²) in [6, 6.07) is 0. The first-order chi connectivity index (χ1) is 13.0. The van der Waals surface area contributed by atoms with E-state index in [1.54, 1.807) is 0 Å². The molecule has 0 radical (unpaired) electrons. The molecule has 1 heterocycles. The predicted octanol–water partition coefficient (Wildman–Crippen LogP) is 4.89. The Morgan fingerprint density at radius 2 is 1.33 bits per heavy atom. The number of rotatable bonds is 13. The lowest BCUT2D eigenvalue weighted by atomic mass is 9.69. The number of fused-ring (bicyclic) bond motifs is 1. The summed E-state index contributed by atoms with van der Waals surface area (Å²) in [6.45, 7) is 2.18. The van der Waals surface area contributed by atoms with Crippen LogP contribution in [0, 0.1) is 23.7 Å². The molecule has 1 saturated heterocycles. The summed E-state index contributed by atoms with van der Waals surface area (Å²) in [6.07, 6.45) is 15.7. The van der Waals surface area contributed by atoms with Crippen molar-refractivity contribution in [1.29, 1.82) is 0 Å². The Balaban J connectivity index is 1.80. The van der Waals surface area contributed by atoms with Crippen LogP contribution in [-0.2, 0) is 19.1 Å². The van der Waals surface area contributed by atoms with Crippen molar-refractivity contribution in [3.8, 4) is 0 Å². The average molecular weight is 379 g/mol. The Morgan fingerprint density at radius 3 is 1.85 bits per heavy atom. The van der Waals surface area contributed by atoms with Crippen molar-refractivity contribution < 1.29 is 24.2 Å². The number of esters is 2. The summed E-state index contributed by atoms with van der Waals surface area (Å²) >= 11 is 0. The highest BCUT2D eigenvalue weighted by Crippen LogP contribution is 2.44. The third kappa shape index (κ3) is 6.47. The Hall–Kier alpha value is -1.65. The summed E-state index contributed by atoms with van der Waals surface area (Å²) < 4.78 is 5.00. The van der Waals surface area contributed by atoms with Gasteiger partial charge in [-0.2, -0.15) is 0 Å². The van der Waals surface area contributed by atoms with Gasteiger partial charge in [-0.15, -0.1) is 0 Å². The largest absolute Gasteiger partial charge is 0.481 e. The van der Waals surface area contributed by atoms with Crippen molar-refractivity contribution in [2.24, 2.45) is 23.7 Å².